The van der Waals surface area contributed by atoms with Crippen molar-refractivity contribution in [3.05, 3.63) is 29.8 Å². The first-order valence-electron chi connectivity index (χ1n) is 6.52. The molecule has 0 aliphatic rings. The monoisotopic (exact) mass is 265 g/mol. The number of hydrogen-bond acceptors (Lipinski definition) is 4. The van der Waals surface area contributed by atoms with Crippen LogP contribution in [0.1, 0.15) is 24.2 Å². The number of carbonyl (C=O) groups excluding carboxylic acids is 1. The van der Waals surface area contributed by atoms with E-state index in [0.717, 1.165) is 6.54 Å². The zero-order valence-corrected chi connectivity index (χ0v) is 12.2. The van der Waals surface area contributed by atoms with Crippen LogP contribution >= 0.6 is 0 Å². The first kappa shape index (κ1) is 15.7. The Bertz CT molecular complexity index is 406. The zero-order valence-electron chi connectivity index (χ0n) is 12.2. The summed E-state index contributed by atoms with van der Waals surface area (Å²) in [5, 5.41) is 0. The van der Waals surface area contributed by atoms with E-state index < -0.39 is 0 Å². The second-order valence-electron chi connectivity index (χ2n) is 4.52. The summed E-state index contributed by atoms with van der Waals surface area (Å²) >= 11 is 0. The molecule has 106 valence electrons. The SMILES string of the molecule is CCN(CC(=O)c1cccc(OC)c1)C(C)COC. The van der Waals surface area contributed by atoms with E-state index in [0.29, 0.717) is 24.5 Å². The maximum atomic E-state index is 12.3. The molecule has 0 spiro atoms. The van der Waals surface area contributed by atoms with Crippen molar-refractivity contribution < 1.29 is 14.3 Å². The number of likely N-dealkylation sites (N-methyl/N-ethyl adjacent to an activating group) is 1. The van der Waals surface area contributed by atoms with Gasteiger partial charge in [-0.2, -0.15) is 0 Å². The molecule has 1 aromatic rings. The molecule has 19 heavy (non-hydrogen) atoms. The number of ketones is 1. The van der Waals surface area contributed by atoms with E-state index in [2.05, 4.69) is 11.8 Å². The van der Waals surface area contributed by atoms with Crippen molar-refractivity contribution in [1.82, 2.24) is 4.90 Å². The molecule has 0 heterocycles. The summed E-state index contributed by atoms with van der Waals surface area (Å²) in [6.45, 7) is 5.95. The quantitative estimate of drug-likeness (QED) is 0.676. The standard InChI is InChI=1S/C15H23NO3/c1-5-16(12(2)11-18-3)10-15(17)13-7-6-8-14(9-13)19-4/h6-9,12H,5,10-11H2,1-4H3. The molecule has 0 saturated carbocycles. The van der Waals surface area contributed by atoms with Crippen LogP contribution in [0.2, 0.25) is 0 Å². The van der Waals surface area contributed by atoms with E-state index in [4.69, 9.17) is 9.47 Å². The van der Waals surface area contributed by atoms with Crippen LogP contribution in [0.5, 0.6) is 5.75 Å². The molecule has 0 amide bonds. The number of methoxy groups -OCH3 is 2. The lowest BCUT2D eigenvalue weighted by atomic mass is 10.1. The molecule has 0 bridgehead atoms. The minimum Gasteiger partial charge on any atom is -0.497 e. The van der Waals surface area contributed by atoms with Gasteiger partial charge in [-0.1, -0.05) is 19.1 Å². The summed E-state index contributed by atoms with van der Waals surface area (Å²) in [5.74, 6) is 0.808. The van der Waals surface area contributed by atoms with Crippen molar-refractivity contribution in [3.63, 3.8) is 0 Å². The number of hydrogen-bond donors (Lipinski definition) is 0. The van der Waals surface area contributed by atoms with Crippen LogP contribution < -0.4 is 4.74 Å². The molecule has 1 aromatic carbocycles. The predicted octanol–water partition coefficient (Wildman–Crippen LogP) is 2.23. The first-order chi connectivity index (χ1) is 9.12. The number of nitrogens with zero attached hydrogens (tertiary/aromatic N) is 1. The molecule has 0 radical (unpaired) electrons. The Morgan fingerprint density at radius 2 is 2.11 bits per heavy atom. The fraction of sp³-hybridized carbons (Fsp3) is 0.533. The summed E-state index contributed by atoms with van der Waals surface area (Å²) in [6.07, 6.45) is 0. The highest BCUT2D eigenvalue weighted by molar-refractivity contribution is 5.97. The van der Waals surface area contributed by atoms with E-state index in [1.807, 2.05) is 25.1 Å². The molecule has 0 aliphatic heterocycles. The normalized spacial score (nSPS) is 12.5. The van der Waals surface area contributed by atoms with Crippen molar-refractivity contribution in [2.45, 2.75) is 19.9 Å². The lowest BCUT2D eigenvalue weighted by molar-refractivity contribution is 0.0787. The second kappa shape index (κ2) is 7.92. The van der Waals surface area contributed by atoms with Crippen molar-refractivity contribution in [2.75, 3.05) is 33.9 Å². The fourth-order valence-corrected chi connectivity index (χ4v) is 2.00. The molecule has 1 rings (SSSR count). The van der Waals surface area contributed by atoms with Gasteiger partial charge in [0, 0.05) is 18.7 Å². The van der Waals surface area contributed by atoms with Crippen LogP contribution in [0.25, 0.3) is 0 Å². The van der Waals surface area contributed by atoms with Gasteiger partial charge in [0.15, 0.2) is 5.78 Å². The van der Waals surface area contributed by atoms with Crippen LogP contribution in [0.15, 0.2) is 24.3 Å². The number of carbonyl (C=O) groups is 1. The molecule has 4 heteroatoms. The van der Waals surface area contributed by atoms with Crippen LogP contribution in [-0.2, 0) is 4.74 Å². The summed E-state index contributed by atoms with van der Waals surface area (Å²) in [6, 6.07) is 7.49. The maximum Gasteiger partial charge on any atom is 0.176 e. The highest BCUT2D eigenvalue weighted by atomic mass is 16.5. The molecule has 0 N–H and O–H groups in total. The van der Waals surface area contributed by atoms with Crippen LogP contribution in [0, 0.1) is 0 Å². The molecular formula is C15H23NO3. The molecule has 0 aliphatic carbocycles. The summed E-state index contributed by atoms with van der Waals surface area (Å²) in [7, 11) is 3.27. The van der Waals surface area contributed by atoms with E-state index in [1.54, 1.807) is 20.3 Å². The maximum absolute atomic E-state index is 12.3. The Morgan fingerprint density at radius 1 is 1.37 bits per heavy atom. The Balaban J connectivity index is 2.71. The third-order valence-corrected chi connectivity index (χ3v) is 3.18. The van der Waals surface area contributed by atoms with E-state index in [1.165, 1.54) is 0 Å². The Labute approximate surface area is 115 Å². The smallest absolute Gasteiger partial charge is 0.176 e. The van der Waals surface area contributed by atoms with Crippen molar-refractivity contribution >= 4 is 5.78 Å². The third kappa shape index (κ3) is 4.65. The zero-order chi connectivity index (χ0) is 14.3. The molecule has 1 atom stereocenters. The van der Waals surface area contributed by atoms with E-state index >= 15 is 0 Å². The molecule has 1 unspecified atom stereocenters. The first-order valence-corrected chi connectivity index (χ1v) is 6.52. The van der Waals surface area contributed by atoms with Crippen molar-refractivity contribution in [2.24, 2.45) is 0 Å². The minimum atomic E-state index is 0.101. The van der Waals surface area contributed by atoms with Crippen LogP contribution in [0.4, 0.5) is 0 Å². The number of ether oxygens (including phenoxy) is 2. The lowest BCUT2D eigenvalue weighted by Crippen LogP contribution is -2.39. The van der Waals surface area contributed by atoms with Gasteiger partial charge in [0.05, 0.1) is 20.3 Å². The number of Topliss-reactive ketones (excluding diaryl/α,β-unsaturated/α-hetero) is 1. The number of rotatable bonds is 8. The van der Waals surface area contributed by atoms with Gasteiger partial charge >= 0.3 is 0 Å². The molecule has 0 saturated heterocycles. The highest BCUT2D eigenvalue weighted by Crippen LogP contribution is 2.14. The fourth-order valence-electron chi connectivity index (χ4n) is 2.00. The highest BCUT2D eigenvalue weighted by Gasteiger charge is 2.16. The van der Waals surface area contributed by atoms with Crippen molar-refractivity contribution in [1.29, 1.82) is 0 Å². The van der Waals surface area contributed by atoms with Gasteiger partial charge in [-0.25, -0.2) is 0 Å². The number of benzene rings is 1. The summed E-state index contributed by atoms with van der Waals surface area (Å²) in [5.41, 5.74) is 0.683. The van der Waals surface area contributed by atoms with Gasteiger partial charge in [0.1, 0.15) is 5.75 Å². The van der Waals surface area contributed by atoms with Gasteiger partial charge in [0.25, 0.3) is 0 Å². The second-order valence-corrected chi connectivity index (χ2v) is 4.52. The van der Waals surface area contributed by atoms with Crippen LogP contribution in [0.3, 0.4) is 0 Å². The summed E-state index contributed by atoms with van der Waals surface area (Å²) < 4.78 is 10.3. The molecular weight excluding hydrogens is 242 g/mol. The average molecular weight is 265 g/mol. The van der Waals surface area contributed by atoms with Gasteiger partial charge in [-0.3, -0.25) is 9.69 Å². The van der Waals surface area contributed by atoms with Gasteiger partial charge in [-0.15, -0.1) is 0 Å². The van der Waals surface area contributed by atoms with E-state index in [-0.39, 0.29) is 11.8 Å². The minimum absolute atomic E-state index is 0.101. The average Bonchev–Trinajstić information content (AvgIpc) is 2.44. The Hall–Kier alpha value is -1.39. The summed E-state index contributed by atoms with van der Waals surface area (Å²) in [4.78, 5) is 14.4. The lowest BCUT2D eigenvalue weighted by Gasteiger charge is -2.26. The molecule has 0 aromatic heterocycles. The van der Waals surface area contributed by atoms with Crippen molar-refractivity contribution in [3.8, 4) is 5.75 Å². The van der Waals surface area contributed by atoms with E-state index in [9.17, 15) is 4.79 Å². The molecule has 0 fully saturated rings. The largest absolute Gasteiger partial charge is 0.497 e. The predicted molar refractivity (Wildman–Crippen MR) is 75.9 cm³/mol. The Kier molecular flexibility index (Phi) is 6.53. The van der Waals surface area contributed by atoms with Gasteiger partial charge in [-0.05, 0) is 25.6 Å². The Morgan fingerprint density at radius 3 is 2.68 bits per heavy atom. The van der Waals surface area contributed by atoms with Gasteiger partial charge < -0.3 is 9.47 Å². The third-order valence-electron chi connectivity index (χ3n) is 3.18. The molecule has 4 nitrogen and oxygen atoms in total. The topological polar surface area (TPSA) is 38.8 Å². The van der Waals surface area contributed by atoms with Crippen LogP contribution in [-0.4, -0.2) is 50.6 Å². The van der Waals surface area contributed by atoms with Gasteiger partial charge in [0.2, 0.25) is 0 Å².